The van der Waals surface area contributed by atoms with Crippen molar-refractivity contribution in [3.63, 3.8) is 0 Å². The van der Waals surface area contributed by atoms with Gasteiger partial charge in [0.25, 0.3) is 5.91 Å². The number of nitrogens with zero attached hydrogens (tertiary/aromatic N) is 3. The molecule has 26 heavy (non-hydrogen) atoms. The molecular formula is C19H16F2N4O. The summed E-state index contributed by atoms with van der Waals surface area (Å²) in [5, 5.41) is 2.52. The fraction of sp³-hybridized carbons (Fsp3) is 0.158. The zero-order valence-electron chi connectivity index (χ0n) is 14.3. The number of pyridine rings is 3. The van der Waals surface area contributed by atoms with Crippen LogP contribution in [0.1, 0.15) is 27.4 Å². The predicted octanol–water partition coefficient (Wildman–Crippen LogP) is 4.02. The van der Waals surface area contributed by atoms with Crippen LogP contribution in [0, 0.1) is 19.7 Å². The Hall–Kier alpha value is -3.22. The molecule has 0 aliphatic rings. The van der Waals surface area contributed by atoms with Crippen LogP contribution in [0.25, 0.3) is 11.1 Å². The highest BCUT2D eigenvalue weighted by Gasteiger charge is 2.14. The maximum atomic E-state index is 13.3. The predicted molar refractivity (Wildman–Crippen MR) is 93.9 cm³/mol. The Morgan fingerprint density at radius 2 is 1.96 bits per heavy atom. The quantitative estimate of drug-likeness (QED) is 0.768. The molecule has 0 radical (unpaired) electrons. The highest BCUT2D eigenvalue weighted by Crippen LogP contribution is 2.24. The molecule has 0 spiro atoms. The number of hydrogen-bond acceptors (Lipinski definition) is 4. The first-order valence-corrected chi connectivity index (χ1v) is 7.90. The summed E-state index contributed by atoms with van der Waals surface area (Å²) in [5.74, 6) is -1.21. The van der Waals surface area contributed by atoms with Gasteiger partial charge in [-0.1, -0.05) is 0 Å². The third-order valence-electron chi connectivity index (χ3n) is 3.82. The van der Waals surface area contributed by atoms with Gasteiger partial charge in [0.1, 0.15) is 29.7 Å². The number of aromatic nitrogens is 3. The fourth-order valence-corrected chi connectivity index (χ4v) is 2.53. The molecule has 0 aliphatic carbocycles. The van der Waals surface area contributed by atoms with Gasteiger partial charge in [-0.25, -0.2) is 18.7 Å². The van der Waals surface area contributed by atoms with Gasteiger partial charge in [-0.05, 0) is 55.3 Å². The van der Waals surface area contributed by atoms with Crippen LogP contribution in [0.2, 0.25) is 0 Å². The number of rotatable bonds is 4. The van der Waals surface area contributed by atoms with Crippen LogP contribution >= 0.6 is 0 Å². The molecule has 0 saturated carbocycles. The smallest absolute Gasteiger partial charge is 0.275 e. The van der Waals surface area contributed by atoms with Gasteiger partial charge in [0.05, 0.1) is 0 Å². The normalized spacial score (nSPS) is 10.6. The van der Waals surface area contributed by atoms with Gasteiger partial charge in [0, 0.05) is 23.7 Å². The molecule has 0 bridgehead atoms. The molecule has 5 nitrogen and oxygen atoms in total. The first kappa shape index (κ1) is 17.6. The standard InChI is InChI=1S/C19H16F2N4O/c1-11-5-6-22-10-14(11)13-7-12(2)23-16(8-13)19(26)25-18-4-3-15(21)17(9-20)24-18/h3-8,10H,9H2,1-2H3,(H,24,25,26). The van der Waals surface area contributed by atoms with Gasteiger partial charge in [-0.3, -0.25) is 9.78 Å². The van der Waals surface area contributed by atoms with Crippen LogP contribution in [0.3, 0.4) is 0 Å². The number of halogens is 2. The van der Waals surface area contributed by atoms with E-state index in [-0.39, 0.29) is 17.2 Å². The number of anilines is 1. The van der Waals surface area contributed by atoms with Crippen LogP contribution in [0.15, 0.2) is 42.7 Å². The first-order valence-electron chi connectivity index (χ1n) is 7.90. The Morgan fingerprint density at radius 3 is 2.69 bits per heavy atom. The monoisotopic (exact) mass is 354 g/mol. The van der Waals surface area contributed by atoms with E-state index < -0.39 is 18.4 Å². The highest BCUT2D eigenvalue weighted by molar-refractivity contribution is 6.03. The van der Waals surface area contributed by atoms with Crippen molar-refractivity contribution in [1.29, 1.82) is 0 Å². The number of carbonyl (C=O) groups is 1. The zero-order chi connectivity index (χ0) is 18.7. The maximum Gasteiger partial charge on any atom is 0.275 e. The van der Waals surface area contributed by atoms with E-state index in [0.717, 1.165) is 22.8 Å². The van der Waals surface area contributed by atoms with E-state index in [1.807, 2.05) is 19.1 Å². The Labute approximate surface area is 149 Å². The highest BCUT2D eigenvalue weighted by atomic mass is 19.1. The molecule has 3 rings (SSSR count). The second kappa shape index (κ2) is 7.35. The van der Waals surface area contributed by atoms with Crippen molar-refractivity contribution in [2.24, 2.45) is 0 Å². The lowest BCUT2D eigenvalue weighted by Gasteiger charge is -2.10. The van der Waals surface area contributed by atoms with Gasteiger partial charge in [0.2, 0.25) is 0 Å². The summed E-state index contributed by atoms with van der Waals surface area (Å²) < 4.78 is 26.1. The summed E-state index contributed by atoms with van der Waals surface area (Å²) in [6.45, 7) is 2.68. The largest absolute Gasteiger partial charge is 0.305 e. The minimum Gasteiger partial charge on any atom is -0.305 e. The van der Waals surface area contributed by atoms with E-state index in [4.69, 9.17) is 0 Å². The minimum absolute atomic E-state index is 0.0615. The maximum absolute atomic E-state index is 13.3. The van der Waals surface area contributed by atoms with Crippen molar-refractivity contribution in [1.82, 2.24) is 15.0 Å². The average Bonchev–Trinajstić information content (AvgIpc) is 2.63. The van der Waals surface area contributed by atoms with E-state index in [9.17, 15) is 13.6 Å². The van der Waals surface area contributed by atoms with Crippen molar-refractivity contribution >= 4 is 11.7 Å². The molecule has 0 fully saturated rings. The van der Waals surface area contributed by atoms with E-state index in [0.29, 0.717) is 5.69 Å². The third kappa shape index (κ3) is 3.72. The van der Waals surface area contributed by atoms with E-state index in [2.05, 4.69) is 20.3 Å². The summed E-state index contributed by atoms with van der Waals surface area (Å²) in [7, 11) is 0. The fourth-order valence-electron chi connectivity index (χ4n) is 2.53. The van der Waals surface area contributed by atoms with E-state index >= 15 is 0 Å². The van der Waals surface area contributed by atoms with Gasteiger partial charge < -0.3 is 5.32 Å². The zero-order valence-corrected chi connectivity index (χ0v) is 14.3. The van der Waals surface area contributed by atoms with Crippen LogP contribution in [0.5, 0.6) is 0 Å². The Balaban J connectivity index is 1.92. The van der Waals surface area contributed by atoms with Gasteiger partial charge >= 0.3 is 0 Å². The van der Waals surface area contributed by atoms with Gasteiger partial charge in [0.15, 0.2) is 0 Å². The third-order valence-corrected chi connectivity index (χ3v) is 3.82. The van der Waals surface area contributed by atoms with Crippen molar-refractivity contribution in [2.75, 3.05) is 5.32 Å². The number of amides is 1. The average molecular weight is 354 g/mol. The lowest BCUT2D eigenvalue weighted by atomic mass is 10.0. The number of alkyl halides is 1. The molecule has 0 unspecified atom stereocenters. The molecular weight excluding hydrogens is 338 g/mol. The Bertz CT molecular complexity index is 976. The Kier molecular flexibility index (Phi) is 4.97. The number of carbonyl (C=O) groups excluding carboxylic acids is 1. The molecule has 0 atom stereocenters. The van der Waals surface area contributed by atoms with Crippen molar-refractivity contribution in [3.05, 3.63) is 71.2 Å². The summed E-state index contributed by atoms with van der Waals surface area (Å²) in [5.41, 5.74) is 3.21. The van der Waals surface area contributed by atoms with Gasteiger partial charge in [-0.15, -0.1) is 0 Å². The minimum atomic E-state index is -1.05. The summed E-state index contributed by atoms with van der Waals surface area (Å²) in [4.78, 5) is 24.6. The van der Waals surface area contributed by atoms with E-state index in [1.54, 1.807) is 25.4 Å². The molecule has 0 aromatic carbocycles. The van der Waals surface area contributed by atoms with Crippen molar-refractivity contribution in [3.8, 4) is 11.1 Å². The molecule has 3 aromatic rings. The number of aryl methyl sites for hydroxylation is 2. The Morgan fingerprint density at radius 1 is 1.15 bits per heavy atom. The molecule has 3 heterocycles. The van der Waals surface area contributed by atoms with Crippen molar-refractivity contribution < 1.29 is 13.6 Å². The second-order valence-corrected chi connectivity index (χ2v) is 5.79. The van der Waals surface area contributed by atoms with E-state index in [1.165, 1.54) is 6.07 Å². The lowest BCUT2D eigenvalue weighted by Crippen LogP contribution is -2.16. The number of hydrogen-bond donors (Lipinski definition) is 1. The molecule has 0 aliphatic heterocycles. The lowest BCUT2D eigenvalue weighted by molar-refractivity contribution is 0.102. The topological polar surface area (TPSA) is 67.8 Å². The SMILES string of the molecule is Cc1cc(-c2cnccc2C)cc(C(=O)Nc2ccc(F)c(CF)n2)n1. The molecule has 3 aromatic heterocycles. The number of nitrogens with one attached hydrogen (secondary N) is 1. The van der Waals surface area contributed by atoms with Crippen molar-refractivity contribution in [2.45, 2.75) is 20.5 Å². The molecule has 1 N–H and O–H groups in total. The second-order valence-electron chi connectivity index (χ2n) is 5.79. The first-order chi connectivity index (χ1) is 12.5. The molecule has 1 amide bonds. The molecule has 0 saturated heterocycles. The summed E-state index contributed by atoms with van der Waals surface area (Å²) >= 11 is 0. The van der Waals surface area contributed by atoms with Crippen LogP contribution in [0.4, 0.5) is 14.6 Å². The molecule has 7 heteroatoms. The van der Waals surface area contributed by atoms with Crippen LogP contribution < -0.4 is 5.32 Å². The summed E-state index contributed by atoms with van der Waals surface area (Å²) in [6, 6.07) is 7.72. The molecule has 132 valence electrons. The summed E-state index contributed by atoms with van der Waals surface area (Å²) in [6.07, 6.45) is 3.42. The van der Waals surface area contributed by atoms with Gasteiger partial charge in [-0.2, -0.15) is 0 Å². The van der Waals surface area contributed by atoms with Crippen LogP contribution in [-0.2, 0) is 6.67 Å². The van der Waals surface area contributed by atoms with Crippen LogP contribution in [-0.4, -0.2) is 20.9 Å².